The smallest absolute Gasteiger partial charge is 0.310 e. The molecule has 1 amide bonds. The second kappa shape index (κ2) is 5.81. The van der Waals surface area contributed by atoms with Crippen molar-refractivity contribution in [2.24, 2.45) is 0 Å². The van der Waals surface area contributed by atoms with E-state index in [9.17, 15) is 4.79 Å². The van der Waals surface area contributed by atoms with E-state index in [4.69, 9.17) is 9.84 Å². The third-order valence-corrected chi connectivity index (χ3v) is 5.89. The topological polar surface area (TPSA) is 56.1 Å². The van der Waals surface area contributed by atoms with Crippen LogP contribution in [0.15, 0.2) is 83.3 Å². The van der Waals surface area contributed by atoms with Gasteiger partial charge in [-0.15, -0.1) is 0 Å². The molecule has 0 saturated heterocycles. The van der Waals surface area contributed by atoms with Crippen LogP contribution in [0.1, 0.15) is 5.56 Å². The summed E-state index contributed by atoms with van der Waals surface area (Å²) < 4.78 is 9.06. The number of carbonyl (C=O) groups is 1. The maximum atomic E-state index is 13.3. The average molecular weight is 444 g/mol. The molecule has 5 nitrogen and oxygen atoms in total. The van der Waals surface area contributed by atoms with Crippen LogP contribution in [0.3, 0.4) is 0 Å². The summed E-state index contributed by atoms with van der Waals surface area (Å²) in [4.78, 5) is 13.3. The molecule has 3 aromatic carbocycles. The molecule has 1 atom stereocenters. The van der Waals surface area contributed by atoms with Crippen molar-refractivity contribution >= 4 is 27.5 Å². The molecule has 1 N–H and O–H groups in total. The van der Waals surface area contributed by atoms with Gasteiger partial charge in [-0.1, -0.05) is 64.5 Å². The van der Waals surface area contributed by atoms with Crippen LogP contribution in [-0.2, 0) is 10.5 Å². The standard InChI is InChI=1S/C23H14BrN3O2/c24-15-10-11-21-16(12-15)20-13-19(14-6-2-1-3-7-14)26-27(20)23(29-21)17-8-4-5-9-18(17)25-22(23)28/h1-13H,(H,25,28). The molecule has 0 saturated carbocycles. The summed E-state index contributed by atoms with van der Waals surface area (Å²) in [6, 6.07) is 25.3. The molecule has 1 unspecified atom stereocenters. The second-order valence-electron chi connectivity index (χ2n) is 7.08. The van der Waals surface area contributed by atoms with E-state index in [-0.39, 0.29) is 5.91 Å². The van der Waals surface area contributed by atoms with Gasteiger partial charge in [0.1, 0.15) is 5.75 Å². The van der Waals surface area contributed by atoms with Gasteiger partial charge in [-0.25, -0.2) is 4.68 Å². The number of benzene rings is 3. The zero-order valence-electron chi connectivity index (χ0n) is 15.1. The number of aromatic nitrogens is 2. The average Bonchev–Trinajstić information content (AvgIpc) is 3.31. The number of nitrogens with zero attached hydrogens (tertiary/aromatic N) is 2. The zero-order valence-corrected chi connectivity index (χ0v) is 16.7. The molecule has 0 radical (unpaired) electrons. The summed E-state index contributed by atoms with van der Waals surface area (Å²) >= 11 is 3.54. The molecule has 0 bridgehead atoms. The number of carbonyl (C=O) groups excluding carboxylic acids is 1. The van der Waals surface area contributed by atoms with Crippen molar-refractivity contribution in [1.82, 2.24) is 9.78 Å². The Morgan fingerprint density at radius 2 is 1.76 bits per heavy atom. The molecular formula is C23H14BrN3O2. The van der Waals surface area contributed by atoms with Gasteiger partial charge in [-0.05, 0) is 30.3 Å². The maximum Gasteiger partial charge on any atom is 0.310 e. The molecule has 0 aliphatic carbocycles. The number of ether oxygens (including phenoxy) is 1. The van der Waals surface area contributed by atoms with Crippen LogP contribution >= 0.6 is 15.9 Å². The lowest BCUT2D eigenvalue weighted by molar-refractivity contribution is -0.135. The minimum Gasteiger partial charge on any atom is -0.452 e. The first-order chi connectivity index (χ1) is 14.2. The molecule has 140 valence electrons. The Labute approximate surface area is 175 Å². The number of anilines is 1. The first-order valence-electron chi connectivity index (χ1n) is 9.23. The van der Waals surface area contributed by atoms with Crippen molar-refractivity contribution in [2.45, 2.75) is 5.72 Å². The van der Waals surface area contributed by atoms with E-state index >= 15 is 0 Å². The van der Waals surface area contributed by atoms with Crippen molar-refractivity contribution in [3.63, 3.8) is 0 Å². The van der Waals surface area contributed by atoms with E-state index in [1.165, 1.54) is 0 Å². The van der Waals surface area contributed by atoms with Gasteiger partial charge in [0.05, 0.1) is 22.6 Å². The molecule has 29 heavy (non-hydrogen) atoms. The molecule has 2 aliphatic heterocycles. The van der Waals surface area contributed by atoms with E-state index in [1.807, 2.05) is 78.9 Å². The van der Waals surface area contributed by atoms with Crippen LogP contribution in [0.5, 0.6) is 5.75 Å². The number of hydrogen-bond donors (Lipinski definition) is 1. The largest absolute Gasteiger partial charge is 0.452 e. The fourth-order valence-electron chi connectivity index (χ4n) is 4.09. The minimum absolute atomic E-state index is 0.253. The summed E-state index contributed by atoms with van der Waals surface area (Å²) in [5.41, 5.74) is 3.60. The molecule has 6 rings (SSSR count). The quantitative estimate of drug-likeness (QED) is 0.449. The van der Waals surface area contributed by atoms with Crippen molar-refractivity contribution in [3.05, 3.63) is 88.9 Å². The van der Waals surface area contributed by atoms with Crippen LogP contribution in [0, 0.1) is 0 Å². The Morgan fingerprint density at radius 1 is 0.966 bits per heavy atom. The van der Waals surface area contributed by atoms with E-state index < -0.39 is 5.72 Å². The maximum absolute atomic E-state index is 13.3. The van der Waals surface area contributed by atoms with Gasteiger partial charge in [0.2, 0.25) is 0 Å². The van der Waals surface area contributed by atoms with Gasteiger partial charge >= 0.3 is 5.72 Å². The van der Waals surface area contributed by atoms with Crippen molar-refractivity contribution in [1.29, 1.82) is 0 Å². The summed E-state index contributed by atoms with van der Waals surface area (Å²) in [5, 5.41) is 7.81. The van der Waals surface area contributed by atoms with E-state index in [1.54, 1.807) is 4.68 Å². The Hall–Kier alpha value is -3.38. The lowest BCUT2D eigenvalue weighted by atomic mass is 9.99. The lowest BCUT2D eigenvalue weighted by Gasteiger charge is -2.35. The van der Waals surface area contributed by atoms with Gasteiger partial charge < -0.3 is 10.1 Å². The third-order valence-electron chi connectivity index (χ3n) is 5.40. The van der Waals surface area contributed by atoms with Crippen LogP contribution < -0.4 is 10.1 Å². The Bertz CT molecular complexity index is 1300. The molecular weight excluding hydrogens is 430 g/mol. The highest BCUT2D eigenvalue weighted by Gasteiger charge is 2.55. The van der Waals surface area contributed by atoms with E-state index in [2.05, 4.69) is 21.2 Å². The Morgan fingerprint density at radius 3 is 2.62 bits per heavy atom. The van der Waals surface area contributed by atoms with Gasteiger partial charge in [0.25, 0.3) is 5.91 Å². The molecule has 2 aliphatic rings. The van der Waals surface area contributed by atoms with Crippen LogP contribution in [0.25, 0.3) is 22.5 Å². The predicted molar refractivity (Wildman–Crippen MR) is 114 cm³/mol. The van der Waals surface area contributed by atoms with Crippen LogP contribution in [0.2, 0.25) is 0 Å². The van der Waals surface area contributed by atoms with Gasteiger partial charge in [0.15, 0.2) is 0 Å². The normalized spacial score (nSPS) is 18.6. The number of fused-ring (bicyclic) bond motifs is 6. The SMILES string of the molecule is O=C1Nc2ccccc2C12Oc1ccc(Br)cc1-c1cc(-c3ccccc3)nn12. The Balaban J connectivity index is 1.68. The zero-order chi connectivity index (χ0) is 19.6. The fourth-order valence-corrected chi connectivity index (χ4v) is 4.45. The predicted octanol–water partition coefficient (Wildman–Crippen LogP) is 5.03. The minimum atomic E-state index is -1.38. The van der Waals surface area contributed by atoms with E-state index in [0.29, 0.717) is 5.75 Å². The number of nitrogens with one attached hydrogen (secondary N) is 1. The Kier molecular flexibility index (Phi) is 3.32. The number of rotatable bonds is 1. The van der Waals surface area contributed by atoms with E-state index in [0.717, 1.165) is 38.2 Å². The van der Waals surface area contributed by atoms with Crippen LogP contribution in [0.4, 0.5) is 5.69 Å². The highest BCUT2D eigenvalue weighted by molar-refractivity contribution is 9.10. The van der Waals surface area contributed by atoms with Crippen molar-refractivity contribution in [3.8, 4) is 28.3 Å². The van der Waals surface area contributed by atoms with Crippen molar-refractivity contribution in [2.75, 3.05) is 5.32 Å². The third kappa shape index (κ3) is 2.20. The first kappa shape index (κ1) is 16.6. The summed E-state index contributed by atoms with van der Waals surface area (Å²) in [6.45, 7) is 0. The highest BCUT2D eigenvalue weighted by Crippen LogP contribution is 2.49. The lowest BCUT2D eigenvalue weighted by Crippen LogP contribution is -2.49. The number of amides is 1. The van der Waals surface area contributed by atoms with Crippen molar-refractivity contribution < 1.29 is 9.53 Å². The van der Waals surface area contributed by atoms with Gasteiger partial charge in [0, 0.05) is 15.6 Å². The molecule has 1 spiro atoms. The summed E-state index contributed by atoms with van der Waals surface area (Å²) in [6.07, 6.45) is 0. The number of halogens is 1. The molecule has 4 aromatic rings. The van der Waals surface area contributed by atoms with Crippen LogP contribution in [-0.4, -0.2) is 15.7 Å². The number of para-hydroxylation sites is 1. The summed E-state index contributed by atoms with van der Waals surface area (Å²) in [7, 11) is 0. The van der Waals surface area contributed by atoms with Gasteiger partial charge in [-0.2, -0.15) is 5.10 Å². The first-order valence-corrected chi connectivity index (χ1v) is 10.0. The highest BCUT2D eigenvalue weighted by atomic mass is 79.9. The molecule has 1 aromatic heterocycles. The molecule has 3 heterocycles. The monoisotopic (exact) mass is 443 g/mol. The summed E-state index contributed by atoms with van der Waals surface area (Å²) in [5.74, 6) is 0.392. The van der Waals surface area contributed by atoms with Gasteiger partial charge in [-0.3, -0.25) is 4.79 Å². The fraction of sp³-hybridized carbons (Fsp3) is 0.0435. The second-order valence-corrected chi connectivity index (χ2v) is 7.99. The number of hydrogen-bond acceptors (Lipinski definition) is 3. The molecule has 6 heteroatoms. The molecule has 0 fully saturated rings.